The number of carbonyl (C=O) groups excluding carboxylic acids is 1. The number of piperidine rings is 1. The predicted molar refractivity (Wildman–Crippen MR) is 98.4 cm³/mol. The maximum absolute atomic E-state index is 13.0. The average molecular weight is 362 g/mol. The van der Waals surface area contributed by atoms with Gasteiger partial charge in [0, 0.05) is 18.8 Å². The minimum atomic E-state index is -0.103. The molecule has 2 aromatic heterocycles. The topological polar surface area (TPSA) is 63.1 Å². The molecule has 134 valence electrons. The fraction of sp³-hybridized carbons (Fsp3) is 0.500. The van der Waals surface area contributed by atoms with Crippen LogP contribution in [0.25, 0.3) is 5.82 Å². The Morgan fingerprint density at radius 3 is 2.88 bits per heavy atom. The SMILES string of the molecule is CNC[C@H]1CCCN(C(=O)c2nc(-n3nc(C)cc3C)ccc2Cl)C1. The second-order valence-electron chi connectivity index (χ2n) is 6.66. The molecule has 1 atom stereocenters. The van der Waals surface area contributed by atoms with Crippen molar-refractivity contribution in [3.8, 4) is 5.82 Å². The van der Waals surface area contributed by atoms with E-state index in [1.54, 1.807) is 16.8 Å². The van der Waals surface area contributed by atoms with Crippen LogP contribution in [0.15, 0.2) is 18.2 Å². The molecular formula is C18H24ClN5O. The van der Waals surface area contributed by atoms with Crippen molar-refractivity contribution in [2.75, 3.05) is 26.7 Å². The zero-order valence-electron chi connectivity index (χ0n) is 14.9. The van der Waals surface area contributed by atoms with Gasteiger partial charge in [0.15, 0.2) is 5.82 Å². The molecule has 25 heavy (non-hydrogen) atoms. The Labute approximate surface area is 153 Å². The molecule has 6 nitrogen and oxygen atoms in total. The van der Waals surface area contributed by atoms with E-state index in [1.165, 1.54) is 0 Å². The summed E-state index contributed by atoms with van der Waals surface area (Å²) in [5.41, 5.74) is 2.18. The third-order valence-corrected chi connectivity index (χ3v) is 4.86. The van der Waals surface area contributed by atoms with Crippen molar-refractivity contribution in [2.24, 2.45) is 5.92 Å². The van der Waals surface area contributed by atoms with Gasteiger partial charge < -0.3 is 10.2 Å². The Balaban J connectivity index is 1.87. The predicted octanol–water partition coefficient (Wildman–Crippen LogP) is 2.61. The van der Waals surface area contributed by atoms with Gasteiger partial charge in [-0.05, 0) is 64.4 Å². The van der Waals surface area contributed by atoms with E-state index in [0.29, 0.717) is 22.5 Å². The molecular weight excluding hydrogens is 338 g/mol. The lowest BCUT2D eigenvalue weighted by Crippen LogP contribution is -2.42. The van der Waals surface area contributed by atoms with E-state index in [0.717, 1.165) is 43.9 Å². The molecule has 1 aliphatic heterocycles. The Bertz CT molecular complexity index is 771. The van der Waals surface area contributed by atoms with E-state index >= 15 is 0 Å². The van der Waals surface area contributed by atoms with Crippen molar-refractivity contribution in [3.05, 3.63) is 40.3 Å². The molecule has 1 fully saturated rings. The second kappa shape index (κ2) is 7.54. The van der Waals surface area contributed by atoms with Gasteiger partial charge in [0.2, 0.25) is 0 Å². The highest BCUT2D eigenvalue weighted by molar-refractivity contribution is 6.33. The molecule has 0 aromatic carbocycles. The first-order valence-electron chi connectivity index (χ1n) is 8.63. The molecule has 0 saturated carbocycles. The zero-order valence-corrected chi connectivity index (χ0v) is 15.7. The van der Waals surface area contributed by atoms with Crippen LogP contribution in [0.1, 0.15) is 34.7 Å². The zero-order chi connectivity index (χ0) is 18.0. The Morgan fingerprint density at radius 1 is 1.40 bits per heavy atom. The molecule has 7 heteroatoms. The van der Waals surface area contributed by atoms with Crippen LogP contribution in [0.3, 0.4) is 0 Å². The van der Waals surface area contributed by atoms with Gasteiger partial charge in [-0.2, -0.15) is 5.10 Å². The highest BCUT2D eigenvalue weighted by Crippen LogP contribution is 2.22. The molecule has 2 aromatic rings. The number of nitrogens with zero attached hydrogens (tertiary/aromatic N) is 4. The first kappa shape index (κ1) is 17.9. The molecule has 1 aliphatic rings. The summed E-state index contributed by atoms with van der Waals surface area (Å²) in [5.74, 6) is 0.983. The number of halogens is 1. The Hall–Kier alpha value is -1.92. The van der Waals surface area contributed by atoms with Crippen molar-refractivity contribution in [1.82, 2.24) is 25.0 Å². The van der Waals surface area contributed by atoms with E-state index in [-0.39, 0.29) is 5.91 Å². The van der Waals surface area contributed by atoms with Gasteiger partial charge >= 0.3 is 0 Å². The van der Waals surface area contributed by atoms with Crippen LogP contribution < -0.4 is 5.32 Å². The minimum absolute atomic E-state index is 0.103. The molecule has 0 bridgehead atoms. The van der Waals surface area contributed by atoms with Crippen LogP contribution in [0, 0.1) is 19.8 Å². The van der Waals surface area contributed by atoms with Crippen molar-refractivity contribution in [1.29, 1.82) is 0 Å². The Morgan fingerprint density at radius 2 is 2.20 bits per heavy atom. The molecule has 1 N–H and O–H groups in total. The summed E-state index contributed by atoms with van der Waals surface area (Å²) < 4.78 is 1.74. The lowest BCUT2D eigenvalue weighted by atomic mass is 9.98. The van der Waals surface area contributed by atoms with Crippen LogP contribution in [0.4, 0.5) is 0 Å². The van der Waals surface area contributed by atoms with Crippen molar-refractivity contribution < 1.29 is 4.79 Å². The molecule has 3 rings (SSSR count). The van der Waals surface area contributed by atoms with E-state index < -0.39 is 0 Å². The number of pyridine rings is 1. The lowest BCUT2D eigenvalue weighted by Gasteiger charge is -2.32. The molecule has 0 aliphatic carbocycles. The number of hydrogen-bond donors (Lipinski definition) is 1. The van der Waals surface area contributed by atoms with Gasteiger partial charge in [-0.25, -0.2) is 9.67 Å². The summed E-state index contributed by atoms with van der Waals surface area (Å²) in [5, 5.41) is 8.01. The summed E-state index contributed by atoms with van der Waals surface area (Å²) in [7, 11) is 1.94. The highest BCUT2D eigenvalue weighted by Gasteiger charge is 2.26. The first-order valence-corrected chi connectivity index (χ1v) is 9.01. The van der Waals surface area contributed by atoms with Gasteiger partial charge in [0.25, 0.3) is 5.91 Å². The molecule has 1 amide bonds. The average Bonchev–Trinajstić information content (AvgIpc) is 2.94. The van der Waals surface area contributed by atoms with E-state index in [2.05, 4.69) is 15.4 Å². The number of carbonyl (C=O) groups is 1. The highest BCUT2D eigenvalue weighted by atomic mass is 35.5. The maximum atomic E-state index is 13.0. The molecule has 0 unspecified atom stereocenters. The third kappa shape index (κ3) is 3.85. The molecule has 1 saturated heterocycles. The lowest BCUT2D eigenvalue weighted by molar-refractivity contribution is 0.0668. The molecule has 0 spiro atoms. The number of amides is 1. The van der Waals surface area contributed by atoms with Crippen molar-refractivity contribution >= 4 is 17.5 Å². The van der Waals surface area contributed by atoms with Gasteiger partial charge in [-0.15, -0.1) is 0 Å². The number of hydrogen-bond acceptors (Lipinski definition) is 4. The van der Waals surface area contributed by atoms with Crippen LogP contribution in [-0.2, 0) is 0 Å². The smallest absolute Gasteiger partial charge is 0.274 e. The summed E-state index contributed by atoms with van der Waals surface area (Å²) in [6.07, 6.45) is 2.14. The summed E-state index contributed by atoms with van der Waals surface area (Å²) in [6.45, 7) is 6.30. The summed E-state index contributed by atoms with van der Waals surface area (Å²) in [6, 6.07) is 5.49. The fourth-order valence-corrected chi connectivity index (χ4v) is 3.60. The van der Waals surface area contributed by atoms with Gasteiger partial charge in [-0.3, -0.25) is 4.79 Å². The van der Waals surface area contributed by atoms with Crippen LogP contribution in [-0.4, -0.2) is 52.3 Å². The van der Waals surface area contributed by atoms with Crippen LogP contribution in [0.5, 0.6) is 0 Å². The largest absolute Gasteiger partial charge is 0.337 e. The molecule has 0 radical (unpaired) electrons. The fourth-order valence-electron chi connectivity index (χ4n) is 3.42. The van der Waals surface area contributed by atoms with E-state index in [4.69, 9.17) is 11.6 Å². The quantitative estimate of drug-likeness (QED) is 0.909. The number of aromatic nitrogens is 3. The first-order chi connectivity index (χ1) is 12.0. The van der Waals surface area contributed by atoms with Gasteiger partial charge in [-0.1, -0.05) is 11.6 Å². The van der Waals surface area contributed by atoms with Crippen LogP contribution in [0.2, 0.25) is 5.02 Å². The maximum Gasteiger partial charge on any atom is 0.274 e. The second-order valence-corrected chi connectivity index (χ2v) is 7.06. The van der Waals surface area contributed by atoms with E-state index in [9.17, 15) is 4.79 Å². The number of aryl methyl sites for hydroxylation is 2. The van der Waals surface area contributed by atoms with Gasteiger partial charge in [0.1, 0.15) is 5.69 Å². The molecule has 3 heterocycles. The number of rotatable bonds is 4. The Kier molecular flexibility index (Phi) is 5.39. The van der Waals surface area contributed by atoms with Crippen LogP contribution >= 0.6 is 11.6 Å². The number of nitrogens with one attached hydrogen (secondary N) is 1. The monoisotopic (exact) mass is 361 g/mol. The minimum Gasteiger partial charge on any atom is -0.337 e. The number of likely N-dealkylation sites (tertiary alicyclic amines) is 1. The standard InChI is InChI=1S/C18H24ClN5O/c1-12-9-13(2)24(22-12)16-7-6-15(19)17(21-16)18(25)23-8-4-5-14(11-23)10-20-3/h6-7,9,14,20H,4-5,8,10-11H2,1-3H3/t14-/m1/s1. The third-order valence-electron chi connectivity index (χ3n) is 4.56. The van der Waals surface area contributed by atoms with E-state index in [1.807, 2.05) is 31.9 Å². The normalized spacial score (nSPS) is 17.8. The van der Waals surface area contributed by atoms with Crippen molar-refractivity contribution in [2.45, 2.75) is 26.7 Å². The summed E-state index contributed by atoms with van der Waals surface area (Å²) >= 11 is 6.29. The van der Waals surface area contributed by atoms with Gasteiger partial charge in [0.05, 0.1) is 10.7 Å². The summed E-state index contributed by atoms with van der Waals surface area (Å²) in [4.78, 5) is 19.4. The van der Waals surface area contributed by atoms with Crippen molar-refractivity contribution in [3.63, 3.8) is 0 Å².